The summed E-state index contributed by atoms with van der Waals surface area (Å²) in [6.45, 7) is 4.13. The number of nitrogens with zero attached hydrogens (tertiary/aromatic N) is 7. The average Bonchev–Trinajstić information content (AvgIpc) is 3.27. The van der Waals surface area contributed by atoms with Gasteiger partial charge in [-0.3, -0.25) is 4.40 Å². The van der Waals surface area contributed by atoms with Crippen LogP contribution in [0.25, 0.3) is 16.3 Å². The highest BCUT2D eigenvalue weighted by molar-refractivity contribution is 7.89. The largest absolute Gasteiger partial charge is 0.448 e. The summed E-state index contributed by atoms with van der Waals surface area (Å²) in [7, 11) is -0.183. The lowest BCUT2D eigenvalue weighted by Crippen LogP contribution is -2.49. The Hall–Kier alpha value is -2.66. The Morgan fingerprint density at radius 2 is 1.95 bits per heavy atom. The van der Waals surface area contributed by atoms with E-state index in [-0.39, 0.29) is 27.5 Å². The van der Waals surface area contributed by atoms with Crippen LogP contribution in [0.3, 0.4) is 0 Å². The topological polar surface area (TPSA) is 125 Å². The second-order valence-corrected chi connectivity index (χ2v) is 13.4. The molecule has 1 saturated carbocycles. The Bertz CT molecular complexity index is 1520. The van der Waals surface area contributed by atoms with E-state index in [1.807, 2.05) is 30.8 Å². The molecule has 40 heavy (non-hydrogen) atoms. The van der Waals surface area contributed by atoms with Crippen molar-refractivity contribution in [2.24, 2.45) is 0 Å². The van der Waals surface area contributed by atoms with E-state index >= 15 is 0 Å². The Kier molecular flexibility index (Phi) is 7.91. The van der Waals surface area contributed by atoms with Crippen molar-refractivity contribution in [1.29, 1.82) is 0 Å². The highest BCUT2D eigenvalue weighted by Gasteiger charge is 2.41. The number of rotatable bonds is 9. The monoisotopic (exact) mass is 618 g/mol. The summed E-state index contributed by atoms with van der Waals surface area (Å²) in [5.74, 6) is 0.100. The smallest absolute Gasteiger partial charge is 0.409 e. The van der Waals surface area contributed by atoms with Gasteiger partial charge in [0.15, 0.2) is 21.0 Å². The van der Waals surface area contributed by atoms with E-state index in [0.717, 1.165) is 12.8 Å². The number of carbonyl (C=O) groups excluding carboxylic acids is 1. The number of anilines is 1. The molecule has 1 saturated heterocycles. The molecule has 2 fully saturated rings. The predicted octanol–water partition coefficient (Wildman–Crippen LogP) is 3.09. The van der Waals surface area contributed by atoms with Gasteiger partial charge in [0.25, 0.3) is 6.43 Å². The van der Waals surface area contributed by atoms with Gasteiger partial charge in [-0.25, -0.2) is 31.7 Å². The summed E-state index contributed by atoms with van der Waals surface area (Å²) in [4.78, 5) is 22.2. The minimum Gasteiger partial charge on any atom is -0.448 e. The van der Waals surface area contributed by atoms with Gasteiger partial charge >= 0.3 is 6.09 Å². The molecule has 5 rings (SSSR count). The Balaban J connectivity index is 1.50. The van der Waals surface area contributed by atoms with Gasteiger partial charge in [-0.15, -0.1) is 10.2 Å². The van der Waals surface area contributed by atoms with E-state index < -0.39 is 33.1 Å². The van der Waals surface area contributed by atoms with Crippen LogP contribution in [0.4, 0.5) is 19.3 Å². The molecule has 0 spiro atoms. The van der Waals surface area contributed by atoms with Crippen LogP contribution >= 0.6 is 22.9 Å². The zero-order valence-electron chi connectivity index (χ0n) is 22.1. The minimum atomic E-state index is -3.96. The lowest BCUT2D eigenvalue weighted by molar-refractivity contribution is 0.0941. The van der Waals surface area contributed by atoms with E-state index in [9.17, 15) is 22.0 Å². The SMILES string of the molecule is CN(C)CCOC(=O)N1CCN(c2cc(S(=O)(=O)NC3(C)CC3)cn3c(-c4nnc(C(F)F)s4)nc(Cl)c23)CC1. The molecule has 1 amide bonds. The number of likely N-dealkylation sites (N-methyl/N-ethyl adjacent to an activating group) is 1. The molecule has 0 unspecified atom stereocenters. The fourth-order valence-corrected chi connectivity index (χ4v) is 6.72. The first-order valence-corrected chi connectivity index (χ1v) is 15.2. The third-order valence-corrected chi connectivity index (χ3v) is 9.59. The number of nitrogens with one attached hydrogen (secondary N) is 1. The van der Waals surface area contributed by atoms with Gasteiger partial charge < -0.3 is 19.4 Å². The molecule has 0 bridgehead atoms. The third-order valence-electron chi connectivity index (χ3n) is 6.80. The van der Waals surface area contributed by atoms with E-state index in [0.29, 0.717) is 55.3 Å². The molecule has 0 radical (unpaired) electrons. The Morgan fingerprint density at radius 3 is 2.55 bits per heavy atom. The third kappa shape index (κ3) is 6.00. The summed E-state index contributed by atoms with van der Waals surface area (Å²) in [6, 6.07) is 1.52. The van der Waals surface area contributed by atoms with Gasteiger partial charge in [-0.2, -0.15) is 0 Å². The van der Waals surface area contributed by atoms with Crippen molar-refractivity contribution in [3.8, 4) is 10.8 Å². The van der Waals surface area contributed by atoms with Crippen LogP contribution in [0.2, 0.25) is 5.15 Å². The molecule has 0 aromatic carbocycles. The number of aromatic nitrogens is 4. The molecule has 1 N–H and O–H groups in total. The molecule has 3 aromatic heterocycles. The average molecular weight is 619 g/mol. The quantitative estimate of drug-likeness (QED) is 0.385. The van der Waals surface area contributed by atoms with E-state index in [2.05, 4.69) is 19.9 Å². The number of amides is 1. The van der Waals surface area contributed by atoms with Crippen LogP contribution in [0.1, 0.15) is 31.2 Å². The van der Waals surface area contributed by atoms with Crippen molar-refractivity contribution >= 4 is 50.3 Å². The van der Waals surface area contributed by atoms with Gasteiger partial charge in [0.2, 0.25) is 10.0 Å². The molecule has 17 heteroatoms. The standard InChI is InChI=1S/C23H29ClF2N8O4S2/c1-23(4-5-23)30-40(36,37)14-12-15(32-6-8-33(9-7-32)22(35)38-11-10-31(2)3)16-17(24)27-19(34(16)13-14)21-29-28-20(39-21)18(25)26/h12-13,18,30H,4-11H2,1-3H3. The van der Waals surface area contributed by atoms with Crippen LogP contribution in [0.5, 0.6) is 0 Å². The number of piperazine rings is 1. The second-order valence-electron chi connectivity index (χ2n) is 10.3. The zero-order valence-corrected chi connectivity index (χ0v) is 24.5. The highest BCUT2D eigenvalue weighted by atomic mass is 35.5. The number of sulfonamides is 1. The fourth-order valence-electron chi connectivity index (χ4n) is 4.29. The number of pyridine rings is 1. The summed E-state index contributed by atoms with van der Waals surface area (Å²) < 4.78 is 62.8. The maximum Gasteiger partial charge on any atom is 0.409 e. The van der Waals surface area contributed by atoms with E-state index in [1.54, 1.807) is 4.90 Å². The lowest BCUT2D eigenvalue weighted by atomic mass is 10.2. The first-order valence-electron chi connectivity index (χ1n) is 12.6. The summed E-state index contributed by atoms with van der Waals surface area (Å²) in [5, 5.41) is 7.02. The number of carbonyl (C=O) groups is 1. The van der Waals surface area contributed by atoms with Crippen molar-refractivity contribution in [2.45, 2.75) is 36.6 Å². The number of ether oxygens (including phenoxy) is 1. The van der Waals surface area contributed by atoms with Crippen molar-refractivity contribution in [2.75, 3.05) is 58.3 Å². The molecule has 4 heterocycles. The second kappa shape index (κ2) is 11.0. The van der Waals surface area contributed by atoms with Gasteiger partial charge in [0.05, 0.1) is 5.69 Å². The van der Waals surface area contributed by atoms with Crippen LogP contribution in [-0.2, 0) is 14.8 Å². The van der Waals surface area contributed by atoms with Gasteiger partial charge in [0, 0.05) is 44.5 Å². The Morgan fingerprint density at radius 1 is 1.25 bits per heavy atom. The number of alkyl halides is 2. The van der Waals surface area contributed by atoms with Crippen molar-refractivity contribution < 1.29 is 26.7 Å². The molecule has 0 atom stereocenters. The summed E-state index contributed by atoms with van der Waals surface area (Å²) in [5.41, 5.74) is 0.351. The number of fused-ring (bicyclic) bond motifs is 1. The maximum absolute atomic E-state index is 13.4. The summed E-state index contributed by atoms with van der Waals surface area (Å²) >= 11 is 7.22. The molecular formula is C23H29ClF2N8O4S2. The predicted molar refractivity (Wildman–Crippen MR) is 146 cm³/mol. The van der Waals surface area contributed by atoms with E-state index in [4.69, 9.17) is 16.3 Å². The van der Waals surface area contributed by atoms with Crippen molar-refractivity contribution in [1.82, 2.24) is 34.1 Å². The molecule has 1 aliphatic carbocycles. The van der Waals surface area contributed by atoms with Crippen LogP contribution in [0.15, 0.2) is 17.2 Å². The van der Waals surface area contributed by atoms with Crippen molar-refractivity contribution in [3.63, 3.8) is 0 Å². The molecule has 3 aromatic rings. The number of halogens is 3. The molecule has 218 valence electrons. The van der Waals surface area contributed by atoms with Crippen LogP contribution in [-0.4, -0.2) is 103 Å². The number of hydrogen-bond acceptors (Lipinski definition) is 10. The molecule has 2 aliphatic rings. The number of hydrogen-bond donors (Lipinski definition) is 1. The Labute approximate surface area is 238 Å². The first kappa shape index (κ1) is 28.9. The van der Waals surface area contributed by atoms with Crippen LogP contribution < -0.4 is 9.62 Å². The van der Waals surface area contributed by atoms with Crippen LogP contribution in [0, 0.1) is 0 Å². The lowest BCUT2D eigenvalue weighted by Gasteiger charge is -2.36. The minimum absolute atomic E-state index is 0.0393. The van der Waals surface area contributed by atoms with E-state index in [1.165, 1.54) is 16.7 Å². The zero-order chi connectivity index (χ0) is 28.8. The summed E-state index contributed by atoms with van der Waals surface area (Å²) in [6.07, 6.45) is -0.424. The first-order chi connectivity index (χ1) is 18.9. The maximum atomic E-state index is 13.4. The molecule has 12 nitrogen and oxygen atoms in total. The fraction of sp³-hybridized carbons (Fsp3) is 0.565. The van der Waals surface area contributed by atoms with Gasteiger partial charge in [0.1, 0.15) is 17.0 Å². The van der Waals surface area contributed by atoms with Gasteiger partial charge in [-0.1, -0.05) is 22.9 Å². The highest BCUT2D eigenvalue weighted by Crippen LogP contribution is 2.39. The normalized spacial score (nSPS) is 17.3. The molecular weight excluding hydrogens is 590 g/mol. The van der Waals surface area contributed by atoms with Crippen molar-refractivity contribution in [3.05, 3.63) is 22.4 Å². The number of imidazole rings is 1. The molecule has 1 aliphatic heterocycles. The van der Waals surface area contributed by atoms with Gasteiger partial charge in [-0.05, 0) is 39.9 Å².